The number of benzene rings is 1. The Morgan fingerprint density at radius 2 is 2.00 bits per heavy atom. The third kappa shape index (κ3) is 5.45. The van der Waals surface area contributed by atoms with E-state index in [1.54, 1.807) is 6.07 Å². The Balaban J connectivity index is 2.21. The lowest BCUT2D eigenvalue weighted by atomic mass is 10.2. The molecule has 94 valence electrons. The number of nitrogens with one attached hydrogen (secondary N) is 1. The molecule has 0 aromatic heterocycles. The highest BCUT2D eigenvalue weighted by Crippen LogP contribution is 2.03. The second-order valence-electron chi connectivity index (χ2n) is 3.97. The Kier molecular flexibility index (Phi) is 6.25. The number of amides is 1. The average Bonchev–Trinajstić information content (AvgIpc) is 2.33. The molecule has 0 aliphatic heterocycles. The summed E-state index contributed by atoms with van der Waals surface area (Å²) in [7, 11) is 0. The smallest absolute Gasteiger partial charge is 0.251 e. The first-order valence-corrected chi connectivity index (χ1v) is 5.98. The van der Waals surface area contributed by atoms with Gasteiger partial charge in [0.2, 0.25) is 0 Å². The molecule has 17 heavy (non-hydrogen) atoms. The van der Waals surface area contributed by atoms with Crippen molar-refractivity contribution in [2.75, 3.05) is 13.1 Å². The molecule has 0 heterocycles. The van der Waals surface area contributed by atoms with E-state index < -0.39 is 0 Å². The lowest BCUT2D eigenvalue weighted by Gasteiger charge is -2.05. The summed E-state index contributed by atoms with van der Waals surface area (Å²) in [4.78, 5) is 11.6. The van der Waals surface area contributed by atoms with E-state index in [0.717, 1.165) is 32.2 Å². The number of carbonyl (C=O) groups is 1. The van der Waals surface area contributed by atoms with Crippen LogP contribution in [0.15, 0.2) is 24.3 Å². The van der Waals surface area contributed by atoms with E-state index in [9.17, 15) is 9.18 Å². The standard InChI is InChI=1S/C13H19FN2O/c14-12-7-5-6-11(10-12)13(17)16-9-4-2-1-3-8-15/h5-7,10H,1-4,8-9,15H2,(H,16,17). The molecule has 3 nitrogen and oxygen atoms in total. The molecule has 0 aliphatic rings. The summed E-state index contributed by atoms with van der Waals surface area (Å²) >= 11 is 0. The van der Waals surface area contributed by atoms with Crippen LogP contribution in [0.4, 0.5) is 4.39 Å². The number of halogens is 1. The maximum absolute atomic E-state index is 12.9. The molecule has 0 spiro atoms. The molecule has 0 aliphatic carbocycles. The van der Waals surface area contributed by atoms with Gasteiger partial charge in [-0.05, 0) is 37.6 Å². The number of hydrogen-bond donors (Lipinski definition) is 2. The highest BCUT2D eigenvalue weighted by molar-refractivity contribution is 5.94. The summed E-state index contributed by atoms with van der Waals surface area (Å²) < 4.78 is 12.9. The third-order valence-electron chi connectivity index (χ3n) is 2.50. The predicted molar refractivity (Wildman–Crippen MR) is 66.3 cm³/mol. The Bertz CT molecular complexity index is 355. The third-order valence-corrected chi connectivity index (χ3v) is 2.50. The number of unbranched alkanes of at least 4 members (excludes halogenated alkanes) is 3. The second-order valence-corrected chi connectivity index (χ2v) is 3.97. The zero-order valence-electron chi connectivity index (χ0n) is 9.92. The zero-order chi connectivity index (χ0) is 12.5. The first kappa shape index (κ1) is 13.6. The fraction of sp³-hybridized carbons (Fsp3) is 0.462. The maximum atomic E-state index is 12.9. The van der Waals surface area contributed by atoms with Gasteiger partial charge in [0.15, 0.2) is 0 Å². The Morgan fingerprint density at radius 3 is 2.71 bits per heavy atom. The van der Waals surface area contributed by atoms with Crippen LogP contribution >= 0.6 is 0 Å². The van der Waals surface area contributed by atoms with Gasteiger partial charge in [0.25, 0.3) is 5.91 Å². The van der Waals surface area contributed by atoms with Gasteiger partial charge in [-0.15, -0.1) is 0 Å². The first-order valence-electron chi connectivity index (χ1n) is 5.98. The lowest BCUT2D eigenvalue weighted by molar-refractivity contribution is 0.0952. The van der Waals surface area contributed by atoms with E-state index in [1.807, 2.05) is 0 Å². The van der Waals surface area contributed by atoms with Crippen molar-refractivity contribution in [3.8, 4) is 0 Å². The highest BCUT2D eigenvalue weighted by atomic mass is 19.1. The van der Waals surface area contributed by atoms with Crippen LogP contribution in [0.1, 0.15) is 36.0 Å². The summed E-state index contributed by atoms with van der Waals surface area (Å²) in [5.41, 5.74) is 5.74. The second kappa shape index (κ2) is 7.79. The van der Waals surface area contributed by atoms with E-state index in [1.165, 1.54) is 18.2 Å². The summed E-state index contributed by atoms with van der Waals surface area (Å²) in [6.45, 7) is 1.34. The summed E-state index contributed by atoms with van der Waals surface area (Å²) in [6, 6.07) is 5.70. The average molecular weight is 238 g/mol. The van der Waals surface area contributed by atoms with Gasteiger partial charge in [-0.1, -0.05) is 18.9 Å². The van der Waals surface area contributed by atoms with Gasteiger partial charge in [0, 0.05) is 12.1 Å². The normalized spacial score (nSPS) is 10.2. The van der Waals surface area contributed by atoms with Crippen molar-refractivity contribution in [2.24, 2.45) is 5.73 Å². The number of carbonyl (C=O) groups excluding carboxylic acids is 1. The van der Waals surface area contributed by atoms with Crippen molar-refractivity contribution < 1.29 is 9.18 Å². The minimum atomic E-state index is -0.388. The van der Waals surface area contributed by atoms with Crippen molar-refractivity contribution in [1.29, 1.82) is 0 Å². The largest absolute Gasteiger partial charge is 0.352 e. The minimum Gasteiger partial charge on any atom is -0.352 e. The fourth-order valence-electron chi connectivity index (χ4n) is 1.56. The molecule has 0 fully saturated rings. The SMILES string of the molecule is NCCCCCCNC(=O)c1cccc(F)c1. The molecule has 1 aromatic carbocycles. The van der Waals surface area contributed by atoms with Crippen LogP contribution in [0.3, 0.4) is 0 Å². The van der Waals surface area contributed by atoms with Gasteiger partial charge < -0.3 is 11.1 Å². The van der Waals surface area contributed by atoms with Crippen LogP contribution in [-0.4, -0.2) is 19.0 Å². The Morgan fingerprint density at radius 1 is 1.24 bits per heavy atom. The van der Waals surface area contributed by atoms with E-state index >= 15 is 0 Å². The molecule has 1 aromatic rings. The lowest BCUT2D eigenvalue weighted by Crippen LogP contribution is -2.24. The van der Waals surface area contributed by atoms with Gasteiger partial charge in [0.05, 0.1) is 0 Å². The molecule has 0 radical (unpaired) electrons. The number of nitrogens with two attached hydrogens (primary N) is 1. The van der Waals surface area contributed by atoms with Crippen LogP contribution in [0.5, 0.6) is 0 Å². The van der Waals surface area contributed by atoms with Crippen molar-refractivity contribution >= 4 is 5.91 Å². The Hall–Kier alpha value is -1.42. The summed E-state index contributed by atoms with van der Waals surface area (Å²) in [5, 5.41) is 2.77. The monoisotopic (exact) mass is 238 g/mol. The maximum Gasteiger partial charge on any atom is 0.251 e. The van der Waals surface area contributed by atoms with E-state index in [0.29, 0.717) is 12.1 Å². The van der Waals surface area contributed by atoms with E-state index in [4.69, 9.17) is 5.73 Å². The van der Waals surface area contributed by atoms with Crippen LogP contribution in [0.25, 0.3) is 0 Å². The van der Waals surface area contributed by atoms with Gasteiger partial charge in [0.1, 0.15) is 5.82 Å². The van der Waals surface area contributed by atoms with Crippen LogP contribution in [0.2, 0.25) is 0 Å². The molecule has 0 saturated heterocycles. The molecule has 0 bridgehead atoms. The van der Waals surface area contributed by atoms with Crippen LogP contribution in [-0.2, 0) is 0 Å². The zero-order valence-corrected chi connectivity index (χ0v) is 9.92. The molecule has 0 unspecified atom stereocenters. The minimum absolute atomic E-state index is 0.219. The highest BCUT2D eigenvalue weighted by Gasteiger charge is 2.04. The van der Waals surface area contributed by atoms with E-state index in [2.05, 4.69) is 5.32 Å². The fourth-order valence-corrected chi connectivity index (χ4v) is 1.56. The molecular formula is C13H19FN2O. The van der Waals surface area contributed by atoms with Gasteiger partial charge in [-0.2, -0.15) is 0 Å². The van der Waals surface area contributed by atoms with Gasteiger partial charge >= 0.3 is 0 Å². The van der Waals surface area contributed by atoms with Crippen LogP contribution < -0.4 is 11.1 Å². The molecule has 4 heteroatoms. The van der Waals surface area contributed by atoms with Crippen LogP contribution in [0, 0.1) is 5.82 Å². The number of rotatable bonds is 7. The summed E-state index contributed by atoms with van der Waals surface area (Å²) in [6.07, 6.45) is 4.10. The quantitative estimate of drug-likeness (QED) is 0.714. The van der Waals surface area contributed by atoms with Gasteiger partial charge in [-0.3, -0.25) is 4.79 Å². The van der Waals surface area contributed by atoms with Gasteiger partial charge in [-0.25, -0.2) is 4.39 Å². The van der Waals surface area contributed by atoms with Crippen molar-refractivity contribution in [3.05, 3.63) is 35.6 Å². The molecule has 1 rings (SSSR count). The molecule has 0 atom stereocenters. The van der Waals surface area contributed by atoms with Crippen molar-refractivity contribution in [2.45, 2.75) is 25.7 Å². The van der Waals surface area contributed by atoms with Crippen molar-refractivity contribution in [1.82, 2.24) is 5.32 Å². The van der Waals surface area contributed by atoms with E-state index in [-0.39, 0.29) is 11.7 Å². The first-order chi connectivity index (χ1) is 8.24. The molecule has 1 amide bonds. The molecular weight excluding hydrogens is 219 g/mol. The summed E-state index contributed by atoms with van der Waals surface area (Å²) in [5.74, 6) is -0.607. The number of hydrogen-bond acceptors (Lipinski definition) is 2. The molecule has 3 N–H and O–H groups in total. The Labute approximate surface area is 101 Å². The van der Waals surface area contributed by atoms with Crippen molar-refractivity contribution in [3.63, 3.8) is 0 Å². The topological polar surface area (TPSA) is 55.1 Å². The molecule has 0 saturated carbocycles. The predicted octanol–water partition coefficient (Wildman–Crippen LogP) is 2.07.